The summed E-state index contributed by atoms with van der Waals surface area (Å²) in [5.41, 5.74) is 3.46. The lowest BCUT2D eigenvalue weighted by atomic mass is 9.95. The Morgan fingerprint density at radius 2 is 1.67 bits per heavy atom. The average Bonchev–Trinajstić information content (AvgIpc) is 2.97. The molecule has 6 heteroatoms. The molecule has 5 nitrogen and oxygen atoms in total. The van der Waals surface area contributed by atoms with Gasteiger partial charge in [-0.2, -0.15) is 5.10 Å². The maximum absolute atomic E-state index is 6.74. The molecular weight excluding hydrogens is 396 g/mol. The molecule has 0 amide bonds. The number of hydrogen-bond acceptors (Lipinski definition) is 4. The second kappa shape index (κ2) is 9.82. The molecule has 3 heterocycles. The molecule has 1 aromatic carbocycles. The zero-order chi connectivity index (χ0) is 21.1. The summed E-state index contributed by atoms with van der Waals surface area (Å²) < 4.78 is 7.82. The Hall–Kier alpha value is -1.40. The first-order chi connectivity index (χ1) is 14.5. The number of likely N-dealkylation sites (tertiary alicyclic amines) is 1. The van der Waals surface area contributed by atoms with Gasteiger partial charge < -0.3 is 4.74 Å². The number of hydrogen-bond donors (Lipinski definition) is 0. The molecule has 0 saturated carbocycles. The van der Waals surface area contributed by atoms with Gasteiger partial charge >= 0.3 is 0 Å². The minimum Gasteiger partial charge on any atom is -0.373 e. The predicted molar refractivity (Wildman–Crippen MR) is 122 cm³/mol. The summed E-state index contributed by atoms with van der Waals surface area (Å²) in [6, 6.07) is 10.4. The summed E-state index contributed by atoms with van der Waals surface area (Å²) in [6.45, 7) is 13.7. The van der Waals surface area contributed by atoms with Crippen LogP contribution in [0.15, 0.2) is 30.3 Å². The fourth-order valence-electron chi connectivity index (χ4n) is 4.98. The van der Waals surface area contributed by atoms with Crippen LogP contribution in [0.4, 0.5) is 0 Å². The first-order valence-corrected chi connectivity index (χ1v) is 11.7. The molecule has 2 aromatic rings. The number of aryl methyl sites for hydroxylation is 1. The van der Waals surface area contributed by atoms with Crippen LogP contribution in [0.2, 0.25) is 5.15 Å². The highest BCUT2D eigenvalue weighted by Gasteiger charge is 2.27. The third-order valence-electron chi connectivity index (χ3n) is 6.46. The van der Waals surface area contributed by atoms with E-state index in [1.54, 1.807) is 0 Å². The van der Waals surface area contributed by atoms with E-state index >= 15 is 0 Å². The lowest BCUT2D eigenvalue weighted by Crippen LogP contribution is -2.48. The number of rotatable bonds is 6. The molecule has 30 heavy (non-hydrogen) atoms. The first kappa shape index (κ1) is 21.8. The maximum Gasteiger partial charge on any atom is 0.132 e. The molecule has 2 atom stereocenters. The second-order valence-corrected chi connectivity index (χ2v) is 9.55. The number of benzene rings is 1. The number of ether oxygens (including phenoxy) is 1. The second-order valence-electron chi connectivity index (χ2n) is 9.19. The van der Waals surface area contributed by atoms with Crippen molar-refractivity contribution >= 4 is 11.6 Å². The smallest absolute Gasteiger partial charge is 0.132 e. The van der Waals surface area contributed by atoms with Crippen LogP contribution >= 0.6 is 11.6 Å². The van der Waals surface area contributed by atoms with E-state index in [0.29, 0.717) is 12.2 Å². The van der Waals surface area contributed by atoms with Crippen molar-refractivity contribution in [3.63, 3.8) is 0 Å². The highest BCUT2D eigenvalue weighted by Crippen LogP contribution is 2.26. The minimum atomic E-state index is 0.353. The molecular formula is C24H35ClN4O. The molecule has 0 spiro atoms. The van der Waals surface area contributed by atoms with Crippen molar-refractivity contribution in [1.29, 1.82) is 0 Å². The van der Waals surface area contributed by atoms with Gasteiger partial charge in [0.15, 0.2) is 0 Å². The van der Waals surface area contributed by atoms with E-state index in [9.17, 15) is 0 Å². The van der Waals surface area contributed by atoms with E-state index in [1.807, 2.05) is 10.7 Å². The van der Waals surface area contributed by atoms with E-state index in [2.05, 4.69) is 54.8 Å². The van der Waals surface area contributed by atoms with Crippen molar-refractivity contribution in [1.82, 2.24) is 19.6 Å². The fraction of sp³-hybridized carbons (Fsp3) is 0.625. The maximum atomic E-state index is 6.74. The normalized spacial score (nSPS) is 24.4. The van der Waals surface area contributed by atoms with Crippen molar-refractivity contribution in [2.75, 3.05) is 32.7 Å². The molecule has 1 aromatic heterocycles. The van der Waals surface area contributed by atoms with Gasteiger partial charge in [-0.25, -0.2) is 4.68 Å². The molecule has 2 fully saturated rings. The quantitative estimate of drug-likeness (QED) is 0.687. The van der Waals surface area contributed by atoms with Crippen LogP contribution in [-0.2, 0) is 17.8 Å². The molecule has 2 aliphatic heterocycles. The lowest BCUT2D eigenvalue weighted by Gasteiger charge is -2.39. The molecule has 0 bridgehead atoms. The van der Waals surface area contributed by atoms with Crippen molar-refractivity contribution in [3.05, 3.63) is 52.3 Å². The van der Waals surface area contributed by atoms with Crippen molar-refractivity contribution in [2.45, 2.75) is 58.9 Å². The third-order valence-corrected chi connectivity index (χ3v) is 6.88. The Bertz CT molecular complexity index is 806. The average molecular weight is 431 g/mol. The zero-order valence-corrected chi connectivity index (χ0v) is 19.3. The van der Waals surface area contributed by atoms with E-state index in [-0.39, 0.29) is 0 Å². The van der Waals surface area contributed by atoms with E-state index in [4.69, 9.17) is 21.4 Å². The standard InChI is InChI=1S/C24H35ClN4O/c1-18-13-28(14-19(2)30-18)15-22-9-11-27(12-10-22)17-23-20(3)26-29(24(23)25)16-21-7-5-4-6-8-21/h4-8,18-19,22H,9-17H2,1-3H3/t18-,19+. The molecule has 164 valence electrons. The summed E-state index contributed by atoms with van der Waals surface area (Å²) in [4.78, 5) is 5.15. The van der Waals surface area contributed by atoms with Gasteiger partial charge in [-0.15, -0.1) is 0 Å². The van der Waals surface area contributed by atoms with Crippen LogP contribution in [0, 0.1) is 12.8 Å². The number of aromatic nitrogens is 2. The monoisotopic (exact) mass is 430 g/mol. The van der Waals surface area contributed by atoms with Crippen molar-refractivity contribution in [2.24, 2.45) is 5.92 Å². The van der Waals surface area contributed by atoms with Gasteiger partial charge in [0, 0.05) is 31.7 Å². The van der Waals surface area contributed by atoms with Crippen molar-refractivity contribution in [3.8, 4) is 0 Å². The van der Waals surface area contributed by atoms with Crippen molar-refractivity contribution < 1.29 is 4.74 Å². The zero-order valence-electron chi connectivity index (χ0n) is 18.6. The van der Waals surface area contributed by atoms with Gasteiger partial charge in [0.05, 0.1) is 24.4 Å². The number of morpholine rings is 1. The highest BCUT2D eigenvalue weighted by atomic mass is 35.5. The van der Waals surface area contributed by atoms with Crippen LogP contribution in [0.1, 0.15) is 43.5 Å². The SMILES string of the molecule is Cc1nn(Cc2ccccc2)c(Cl)c1CN1CCC(CN2C[C@@H](C)O[C@@H](C)C2)CC1. The number of halogens is 1. The Morgan fingerprint density at radius 3 is 2.33 bits per heavy atom. The number of piperidine rings is 1. The van der Waals surface area contributed by atoms with Crippen LogP contribution in [-0.4, -0.2) is 64.5 Å². The Kier molecular flexibility index (Phi) is 7.14. The number of nitrogens with zero attached hydrogens (tertiary/aromatic N) is 4. The largest absolute Gasteiger partial charge is 0.373 e. The van der Waals surface area contributed by atoms with Gasteiger partial charge in [0.25, 0.3) is 0 Å². The summed E-state index contributed by atoms with van der Waals surface area (Å²) in [6.07, 6.45) is 3.22. The summed E-state index contributed by atoms with van der Waals surface area (Å²) in [5.74, 6) is 0.788. The molecule has 2 saturated heterocycles. The molecule has 4 rings (SSSR count). The van der Waals surface area contributed by atoms with Gasteiger partial charge in [-0.3, -0.25) is 9.80 Å². The first-order valence-electron chi connectivity index (χ1n) is 11.3. The molecule has 0 aliphatic carbocycles. The summed E-state index contributed by atoms with van der Waals surface area (Å²) in [7, 11) is 0. The van der Waals surface area contributed by atoms with Crippen LogP contribution in [0.3, 0.4) is 0 Å². The Labute approximate surface area is 185 Å². The predicted octanol–water partition coefficient (Wildman–Crippen LogP) is 4.21. The molecule has 2 aliphatic rings. The Balaban J connectivity index is 1.30. The fourth-order valence-corrected chi connectivity index (χ4v) is 5.27. The summed E-state index contributed by atoms with van der Waals surface area (Å²) in [5, 5.41) is 5.50. The minimum absolute atomic E-state index is 0.353. The summed E-state index contributed by atoms with van der Waals surface area (Å²) >= 11 is 6.74. The molecule has 0 unspecified atom stereocenters. The van der Waals surface area contributed by atoms with Gasteiger partial charge in [-0.05, 0) is 58.2 Å². The third kappa shape index (κ3) is 5.44. The lowest BCUT2D eigenvalue weighted by molar-refractivity contribution is -0.0732. The van der Waals surface area contributed by atoms with Gasteiger partial charge in [-0.1, -0.05) is 41.9 Å². The van der Waals surface area contributed by atoms with Gasteiger partial charge in [0.1, 0.15) is 5.15 Å². The van der Waals surface area contributed by atoms with Gasteiger partial charge in [0.2, 0.25) is 0 Å². The molecule has 0 radical (unpaired) electrons. The van der Waals surface area contributed by atoms with E-state index in [0.717, 1.165) is 56.0 Å². The molecule has 0 N–H and O–H groups in total. The van der Waals surface area contributed by atoms with E-state index in [1.165, 1.54) is 30.5 Å². The topological polar surface area (TPSA) is 33.5 Å². The van der Waals surface area contributed by atoms with Crippen LogP contribution < -0.4 is 0 Å². The van der Waals surface area contributed by atoms with Crippen LogP contribution in [0.5, 0.6) is 0 Å². The van der Waals surface area contributed by atoms with E-state index < -0.39 is 0 Å². The Morgan fingerprint density at radius 1 is 1.00 bits per heavy atom. The van der Waals surface area contributed by atoms with Crippen LogP contribution in [0.25, 0.3) is 0 Å². The highest BCUT2D eigenvalue weighted by molar-refractivity contribution is 6.30.